The molecule has 0 aromatic rings. The Kier molecular flexibility index (Phi) is 4.01. The van der Waals surface area contributed by atoms with Crippen molar-refractivity contribution in [2.75, 3.05) is 39.5 Å². The molecule has 5 heteroatoms. The van der Waals surface area contributed by atoms with Gasteiger partial charge in [-0.2, -0.15) is 0 Å². The molecule has 2 saturated heterocycles. The van der Waals surface area contributed by atoms with Crippen LogP contribution in [-0.2, 0) is 9.47 Å². The zero-order valence-corrected chi connectivity index (χ0v) is 9.78. The molecular formula is C11H20N2O3. The Labute approximate surface area is 96.1 Å². The first-order chi connectivity index (χ1) is 7.77. The van der Waals surface area contributed by atoms with Crippen LogP contribution in [0.2, 0.25) is 0 Å². The molecule has 0 saturated carbocycles. The minimum absolute atomic E-state index is 0.0303. The lowest BCUT2D eigenvalue weighted by Gasteiger charge is -2.29. The van der Waals surface area contributed by atoms with Crippen molar-refractivity contribution in [1.82, 2.24) is 10.2 Å². The Hall–Kier alpha value is -0.810. The highest BCUT2D eigenvalue weighted by Gasteiger charge is 2.25. The van der Waals surface area contributed by atoms with E-state index in [9.17, 15) is 4.79 Å². The lowest BCUT2D eigenvalue weighted by atomic mass is 10.0. The van der Waals surface area contributed by atoms with E-state index in [1.165, 1.54) is 0 Å². The number of morpholine rings is 1. The van der Waals surface area contributed by atoms with Gasteiger partial charge in [-0.3, -0.25) is 0 Å². The average Bonchev–Trinajstić information content (AvgIpc) is 2.83. The maximum Gasteiger partial charge on any atom is 0.317 e. The van der Waals surface area contributed by atoms with Crippen molar-refractivity contribution < 1.29 is 14.3 Å². The number of nitrogens with one attached hydrogen (secondary N) is 1. The number of hydrogen-bond acceptors (Lipinski definition) is 3. The molecule has 2 atom stereocenters. The fourth-order valence-corrected chi connectivity index (χ4v) is 2.12. The number of amides is 2. The monoisotopic (exact) mass is 228 g/mol. The van der Waals surface area contributed by atoms with E-state index in [1.807, 2.05) is 4.90 Å². The lowest BCUT2D eigenvalue weighted by Crippen LogP contribution is -2.50. The SMILES string of the molecule is CC(NC(=O)N1CCOCC1)C1CCOC1. The number of ether oxygens (including phenoxy) is 2. The Morgan fingerprint density at radius 2 is 2.06 bits per heavy atom. The molecule has 2 rings (SSSR count). The van der Waals surface area contributed by atoms with Gasteiger partial charge < -0.3 is 19.7 Å². The van der Waals surface area contributed by atoms with E-state index in [2.05, 4.69) is 12.2 Å². The number of hydrogen-bond donors (Lipinski definition) is 1. The van der Waals surface area contributed by atoms with Crippen LogP contribution in [-0.4, -0.2) is 56.5 Å². The second-order valence-corrected chi connectivity index (χ2v) is 4.46. The summed E-state index contributed by atoms with van der Waals surface area (Å²) < 4.78 is 10.5. The highest BCUT2D eigenvalue weighted by atomic mass is 16.5. The normalized spacial score (nSPS) is 27.8. The van der Waals surface area contributed by atoms with Gasteiger partial charge in [0.25, 0.3) is 0 Å². The second kappa shape index (κ2) is 5.50. The molecule has 0 spiro atoms. The minimum atomic E-state index is 0.0303. The van der Waals surface area contributed by atoms with Gasteiger partial charge in [0.05, 0.1) is 19.8 Å². The van der Waals surface area contributed by atoms with Crippen LogP contribution in [0, 0.1) is 5.92 Å². The molecule has 0 radical (unpaired) electrons. The van der Waals surface area contributed by atoms with Crippen LogP contribution >= 0.6 is 0 Å². The number of urea groups is 1. The van der Waals surface area contributed by atoms with Crippen LogP contribution in [0.1, 0.15) is 13.3 Å². The number of carbonyl (C=O) groups excluding carboxylic acids is 1. The zero-order valence-electron chi connectivity index (χ0n) is 9.78. The smallest absolute Gasteiger partial charge is 0.317 e. The van der Waals surface area contributed by atoms with E-state index < -0.39 is 0 Å². The summed E-state index contributed by atoms with van der Waals surface area (Å²) in [5, 5.41) is 3.04. The highest BCUT2D eigenvalue weighted by Crippen LogP contribution is 2.16. The summed E-state index contributed by atoms with van der Waals surface area (Å²) in [5.41, 5.74) is 0. The molecule has 0 bridgehead atoms. The quantitative estimate of drug-likeness (QED) is 0.746. The summed E-state index contributed by atoms with van der Waals surface area (Å²) >= 11 is 0. The summed E-state index contributed by atoms with van der Waals surface area (Å²) in [6.45, 7) is 6.33. The summed E-state index contributed by atoms with van der Waals surface area (Å²) in [5.74, 6) is 0.463. The molecule has 0 aromatic heterocycles. The third kappa shape index (κ3) is 2.86. The van der Waals surface area contributed by atoms with E-state index in [0.29, 0.717) is 32.2 Å². The lowest BCUT2D eigenvalue weighted by molar-refractivity contribution is 0.0520. The fourth-order valence-electron chi connectivity index (χ4n) is 2.12. The summed E-state index contributed by atoms with van der Waals surface area (Å²) in [6, 6.07) is 0.223. The number of rotatable bonds is 2. The summed E-state index contributed by atoms with van der Waals surface area (Å²) in [7, 11) is 0. The zero-order chi connectivity index (χ0) is 11.4. The third-order valence-corrected chi connectivity index (χ3v) is 3.32. The van der Waals surface area contributed by atoms with Gasteiger partial charge in [-0.25, -0.2) is 4.79 Å². The van der Waals surface area contributed by atoms with Crippen molar-refractivity contribution in [2.24, 2.45) is 5.92 Å². The number of carbonyl (C=O) groups is 1. The van der Waals surface area contributed by atoms with Crippen molar-refractivity contribution in [3.8, 4) is 0 Å². The molecule has 2 fully saturated rings. The van der Waals surface area contributed by atoms with Crippen molar-refractivity contribution in [3.63, 3.8) is 0 Å². The van der Waals surface area contributed by atoms with Crippen LogP contribution < -0.4 is 5.32 Å². The molecule has 1 N–H and O–H groups in total. The number of nitrogens with zero attached hydrogens (tertiary/aromatic N) is 1. The molecule has 2 unspecified atom stereocenters. The molecular weight excluding hydrogens is 208 g/mol. The maximum atomic E-state index is 11.9. The molecule has 2 amide bonds. The third-order valence-electron chi connectivity index (χ3n) is 3.32. The maximum absolute atomic E-state index is 11.9. The molecule has 16 heavy (non-hydrogen) atoms. The predicted molar refractivity (Wildman–Crippen MR) is 59.3 cm³/mol. The van der Waals surface area contributed by atoms with Gasteiger partial charge in [0, 0.05) is 31.7 Å². The summed E-state index contributed by atoms with van der Waals surface area (Å²) in [6.07, 6.45) is 1.05. The Morgan fingerprint density at radius 1 is 1.31 bits per heavy atom. The molecule has 2 aliphatic rings. The first-order valence-electron chi connectivity index (χ1n) is 5.98. The van der Waals surface area contributed by atoms with E-state index in [1.54, 1.807) is 0 Å². The predicted octanol–water partition coefficient (Wildman–Crippen LogP) is 0.453. The fraction of sp³-hybridized carbons (Fsp3) is 0.909. The first-order valence-corrected chi connectivity index (χ1v) is 5.98. The van der Waals surface area contributed by atoms with Crippen molar-refractivity contribution in [1.29, 1.82) is 0 Å². The van der Waals surface area contributed by atoms with Gasteiger partial charge in [-0.15, -0.1) is 0 Å². The van der Waals surface area contributed by atoms with Crippen LogP contribution in [0.3, 0.4) is 0 Å². The molecule has 2 aliphatic heterocycles. The van der Waals surface area contributed by atoms with Gasteiger partial charge in [0.1, 0.15) is 0 Å². The molecule has 92 valence electrons. The second-order valence-electron chi connectivity index (χ2n) is 4.46. The minimum Gasteiger partial charge on any atom is -0.381 e. The van der Waals surface area contributed by atoms with Crippen LogP contribution in [0.5, 0.6) is 0 Å². The van der Waals surface area contributed by atoms with Gasteiger partial charge >= 0.3 is 6.03 Å². The van der Waals surface area contributed by atoms with E-state index in [-0.39, 0.29) is 12.1 Å². The van der Waals surface area contributed by atoms with E-state index in [0.717, 1.165) is 19.6 Å². The van der Waals surface area contributed by atoms with Gasteiger partial charge in [0.2, 0.25) is 0 Å². The molecule has 0 aliphatic carbocycles. The van der Waals surface area contributed by atoms with Gasteiger partial charge in [-0.1, -0.05) is 0 Å². The van der Waals surface area contributed by atoms with E-state index in [4.69, 9.17) is 9.47 Å². The van der Waals surface area contributed by atoms with Gasteiger partial charge in [-0.05, 0) is 13.3 Å². The highest BCUT2D eigenvalue weighted by molar-refractivity contribution is 5.74. The van der Waals surface area contributed by atoms with Crippen LogP contribution in [0.25, 0.3) is 0 Å². The average molecular weight is 228 g/mol. The van der Waals surface area contributed by atoms with Crippen LogP contribution in [0.4, 0.5) is 4.79 Å². The van der Waals surface area contributed by atoms with Crippen LogP contribution in [0.15, 0.2) is 0 Å². The first kappa shape index (κ1) is 11.7. The Bertz CT molecular complexity index is 235. The molecule has 5 nitrogen and oxygen atoms in total. The topological polar surface area (TPSA) is 50.8 Å². The summed E-state index contributed by atoms with van der Waals surface area (Å²) in [4.78, 5) is 13.7. The Morgan fingerprint density at radius 3 is 2.69 bits per heavy atom. The largest absolute Gasteiger partial charge is 0.381 e. The molecule has 0 aromatic carbocycles. The Balaban J connectivity index is 1.76. The van der Waals surface area contributed by atoms with Gasteiger partial charge in [0.15, 0.2) is 0 Å². The van der Waals surface area contributed by atoms with E-state index >= 15 is 0 Å². The standard InChI is InChI=1S/C11H20N2O3/c1-9(10-2-5-16-8-10)12-11(14)13-3-6-15-7-4-13/h9-10H,2-8H2,1H3,(H,12,14). The van der Waals surface area contributed by atoms with Crippen molar-refractivity contribution >= 4 is 6.03 Å². The van der Waals surface area contributed by atoms with Crippen molar-refractivity contribution in [3.05, 3.63) is 0 Å². The molecule has 2 heterocycles. The van der Waals surface area contributed by atoms with Crippen molar-refractivity contribution in [2.45, 2.75) is 19.4 Å².